The smallest absolute Gasteiger partial charge is 0.341 e. The molecule has 0 spiro atoms. The van der Waals surface area contributed by atoms with Crippen LogP contribution in [0.5, 0.6) is 5.75 Å². The highest BCUT2D eigenvalue weighted by molar-refractivity contribution is 7.17. The van der Waals surface area contributed by atoms with Crippen molar-refractivity contribution in [2.75, 3.05) is 24.4 Å². The van der Waals surface area contributed by atoms with Gasteiger partial charge in [0.1, 0.15) is 10.8 Å². The highest BCUT2D eigenvalue weighted by atomic mass is 32.1. The average molecular weight is 480 g/mol. The third-order valence-electron chi connectivity index (χ3n) is 5.49. The molecule has 2 heterocycles. The van der Waals surface area contributed by atoms with Crippen molar-refractivity contribution >= 4 is 39.8 Å². The largest absolute Gasteiger partial charge is 0.495 e. The molecule has 0 unspecified atom stereocenters. The van der Waals surface area contributed by atoms with Gasteiger partial charge in [-0.3, -0.25) is 14.6 Å². The van der Waals surface area contributed by atoms with Gasteiger partial charge in [-0.2, -0.15) is 0 Å². The van der Waals surface area contributed by atoms with Gasteiger partial charge in [-0.05, 0) is 68.0 Å². The number of nitrogens with one attached hydrogen (secondary N) is 2. The van der Waals surface area contributed by atoms with Gasteiger partial charge in [-0.15, -0.1) is 11.3 Å². The number of hydrogen-bond donors (Lipinski definition) is 2. The van der Waals surface area contributed by atoms with E-state index in [1.165, 1.54) is 24.6 Å². The molecule has 9 heteroatoms. The van der Waals surface area contributed by atoms with Crippen molar-refractivity contribution in [3.05, 3.63) is 69.9 Å². The van der Waals surface area contributed by atoms with Crippen LogP contribution in [0.1, 0.15) is 49.6 Å². The number of ether oxygens (including phenoxy) is 2. The number of methoxy groups -OCH3 is 1. The highest BCUT2D eigenvalue weighted by Gasteiger charge is 2.28. The number of aromatic nitrogens is 1. The summed E-state index contributed by atoms with van der Waals surface area (Å²) in [6.07, 6.45) is 6.60. The number of amides is 2. The average Bonchev–Trinajstić information content (AvgIpc) is 3.21. The Morgan fingerprint density at radius 1 is 1.12 bits per heavy atom. The summed E-state index contributed by atoms with van der Waals surface area (Å²) in [6, 6.07) is 8.73. The number of anilines is 2. The Bertz CT molecular complexity index is 1220. The normalized spacial score (nSPS) is 12.4. The van der Waals surface area contributed by atoms with Crippen molar-refractivity contribution in [2.24, 2.45) is 0 Å². The van der Waals surface area contributed by atoms with Crippen molar-refractivity contribution < 1.29 is 23.9 Å². The Morgan fingerprint density at radius 2 is 1.94 bits per heavy atom. The molecule has 3 aromatic rings. The van der Waals surface area contributed by atoms with Crippen LogP contribution in [0.4, 0.5) is 10.7 Å². The van der Waals surface area contributed by atoms with Crippen LogP contribution in [0.3, 0.4) is 0 Å². The zero-order valence-electron chi connectivity index (χ0n) is 19.0. The van der Waals surface area contributed by atoms with Crippen LogP contribution in [0, 0.1) is 6.92 Å². The van der Waals surface area contributed by atoms with Crippen LogP contribution >= 0.6 is 11.3 Å². The molecule has 34 heavy (non-hydrogen) atoms. The second kappa shape index (κ2) is 10.5. The molecule has 2 N–H and O–H groups in total. The number of carbonyl (C=O) groups excluding carboxylic acids is 3. The summed E-state index contributed by atoms with van der Waals surface area (Å²) >= 11 is 1.39. The predicted molar refractivity (Wildman–Crippen MR) is 130 cm³/mol. The topological polar surface area (TPSA) is 107 Å². The van der Waals surface area contributed by atoms with Crippen LogP contribution in [0.2, 0.25) is 0 Å². The Morgan fingerprint density at radius 3 is 2.71 bits per heavy atom. The van der Waals surface area contributed by atoms with E-state index in [1.807, 2.05) is 13.0 Å². The lowest BCUT2D eigenvalue weighted by molar-refractivity contribution is -0.119. The maximum absolute atomic E-state index is 13.1. The number of nitrogens with zero attached hydrogens (tertiary/aromatic N) is 1. The Hall–Kier alpha value is -3.72. The number of esters is 1. The molecule has 2 amide bonds. The molecule has 4 rings (SSSR count). The zero-order valence-corrected chi connectivity index (χ0v) is 19.8. The number of rotatable bonds is 7. The van der Waals surface area contributed by atoms with E-state index in [4.69, 9.17) is 9.47 Å². The second-order valence-electron chi connectivity index (χ2n) is 7.94. The quantitative estimate of drug-likeness (QED) is 0.487. The number of carbonyl (C=O) groups is 3. The van der Waals surface area contributed by atoms with E-state index in [-0.39, 0.29) is 5.91 Å². The van der Waals surface area contributed by atoms with Gasteiger partial charge in [-0.25, -0.2) is 4.79 Å². The first kappa shape index (κ1) is 23.4. The fourth-order valence-electron chi connectivity index (χ4n) is 3.85. The van der Waals surface area contributed by atoms with Gasteiger partial charge in [0.15, 0.2) is 6.61 Å². The van der Waals surface area contributed by atoms with Crippen molar-refractivity contribution in [1.29, 1.82) is 0 Å². The van der Waals surface area contributed by atoms with E-state index in [9.17, 15) is 14.4 Å². The third-order valence-corrected chi connectivity index (χ3v) is 6.70. The van der Waals surface area contributed by atoms with Crippen LogP contribution in [0.25, 0.3) is 0 Å². The third kappa shape index (κ3) is 5.26. The van der Waals surface area contributed by atoms with E-state index in [0.717, 1.165) is 41.7 Å². The molecule has 1 aromatic carbocycles. The van der Waals surface area contributed by atoms with Gasteiger partial charge in [0.25, 0.3) is 11.8 Å². The van der Waals surface area contributed by atoms with Gasteiger partial charge < -0.3 is 20.1 Å². The lowest BCUT2D eigenvalue weighted by Crippen LogP contribution is -2.22. The minimum absolute atomic E-state index is 0.331. The molecule has 0 fully saturated rings. The van der Waals surface area contributed by atoms with Crippen LogP contribution in [-0.2, 0) is 22.4 Å². The monoisotopic (exact) mass is 479 g/mol. The van der Waals surface area contributed by atoms with Crippen molar-refractivity contribution in [1.82, 2.24) is 4.98 Å². The summed E-state index contributed by atoms with van der Waals surface area (Å²) < 4.78 is 10.6. The molecule has 1 aliphatic carbocycles. The van der Waals surface area contributed by atoms with Crippen LogP contribution in [-0.4, -0.2) is 36.5 Å². The zero-order chi connectivity index (χ0) is 24.1. The second-order valence-corrected chi connectivity index (χ2v) is 9.04. The van der Waals surface area contributed by atoms with Gasteiger partial charge >= 0.3 is 5.97 Å². The number of thiophene rings is 1. The van der Waals surface area contributed by atoms with Gasteiger partial charge in [0, 0.05) is 17.3 Å². The molecule has 0 bridgehead atoms. The molecule has 2 aromatic heterocycles. The molecule has 176 valence electrons. The molecule has 0 saturated heterocycles. The fraction of sp³-hybridized carbons (Fsp3) is 0.280. The summed E-state index contributed by atoms with van der Waals surface area (Å²) in [5.41, 5.74) is 3.06. The predicted octanol–water partition coefficient (Wildman–Crippen LogP) is 4.39. The summed E-state index contributed by atoms with van der Waals surface area (Å²) in [7, 11) is 1.52. The number of pyridine rings is 1. The molecule has 0 radical (unpaired) electrons. The SMILES string of the molecule is COc1ccc(C)cc1NC(=O)COC(=O)c1c(NC(=O)c2cccnc2)sc2c1CCCC2. The summed E-state index contributed by atoms with van der Waals surface area (Å²) in [5.74, 6) is -0.961. The lowest BCUT2D eigenvalue weighted by Gasteiger charge is -2.13. The van der Waals surface area contributed by atoms with Crippen molar-refractivity contribution in [3.8, 4) is 5.75 Å². The Balaban J connectivity index is 1.49. The Kier molecular flexibility index (Phi) is 7.22. The van der Waals surface area contributed by atoms with Gasteiger partial charge in [0.2, 0.25) is 0 Å². The fourth-order valence-corrected chi connectivity index (χ4v) is 5.12. The molecule has 8 nitrogen and oxygen atoms in total. The van der Waals surface area contributed by atoms with Crippen molar-refractivity contribution in [2.45, 2.75) is 32.6 Å². The van der Waals surface area contributed by atoms with Gasteiger partial charge in [-0.1, -0.05) is 6.07 Å². The van der Waals surface area contributed by atoms with E-state index >= 15 is 0 Å². The molecule has 0 aliphatic heterocycles. The van der Waals surface area contributed by atoms with E-state index in [0.29, 0.717) is 27.6 Å². The van der Waals surface area contributed by atoms with E-state index in [2.05, 4.69) is 15.6 Å². The van der Waals surface area contributed by atoms with Gasteiger partial charge in [0.05, 0.1) is 23.9 Å². The van der Waals surface area contributed by atoms with E-state index in [1.54, 1.807) is 30.5 Å². The first-order chi connectivity index (χ1) is 16.5. The molecule has 0 saturated carbocycles. The van der Waals surface area contributed by atoms with E-state index < -0.39 is 18.5 Å². The minimum atomic E-state index is -0.632. The molecule has 1 aliphatic rings. The maximum Gasteiger partial charge on any atom is 0.341 e. The van der Waals surface area contributed by atoms with Crippen molar-refractivity contribution in [3.63, 3.8) is 0 Å². The molecular weight excluding hydrogens is 454 g/mol. The summed E-state index contributed by atoms with van der Waals surface area (Å²) in [5, 5.41) is 5.99. The standard InChI is InChI=1S/C25H25N3O5S/c1-15-9-10-19(32-2)18(12-15)27-21(29)14-33-25(31)22-17-7-3-4-8-20(17)34-24(22)28-23(30)16-6-5-11-26-13-16/h5-6,9-13H,3-4,7-8,14H2,1-2H3,(H,27,29)(H,28,30). The highest BCUT2D eigenvalue weighted by Crippen LogP contribution is 2.38. The summed E-state index contributed by atoms with van der Waals surface area (Å²) in [6.45, 7) is 1.44. The Labute approximate surface area is 201 Å². The first-order valence-corrected chi connectivity index (χ1v) is 11.8. The maximum atomic E-state index is 13.1. The minimum Gasteiger partial charge on any atom is -0.495 e. The van der Waals surface area contributed by atoms with Crippen LogP contribution < -0.4 is 15.4 Å². The number of fused-ring (bicyclic) bond motifs is 1. The first-order valence-electron chi connectivity index (χ1n) is 10.9. The number of aryl methyl sites for hydroxylation is 2. The number of hydrogen-bond acceptors (Lipinski definition) is 7. The summed E-state index contributed by atoms with van der Waals surface area (Å²) in [4.78, 5) is 43.3. The molecule has 0 atom stereocenters. The number of benzene rings is 1. The van der Waals surface area contributed by atoms with Crippen LogP contribution in [0.15, 0.2) is 42.7 Å². The lowest BCUT2D eigenvalue weighted by atomic mass is 9.95. The molecular formula is C25H25N3O5S.